The third-order valence-electron chi connectivity index (χ3n) is 2.33. The Hall–Kier alpha value is -0.383. The van der Waals surface area contributed by atoms with E-state index in [1.54, 1.807) is 14.2 Å². The van der Waals surface area contributed by atoms with Gasteiger partial charge in [0, 0.05) is 19.8 Å². The first-order chi connectivity index (χ1) is 5.70. The summed E-state index contributed by atoms with van der Waals surface area (Å²) in [6.07, 6.45) is 4.30. The van der Waals surface area contributed by atoms with E-state index in [9.17, 15) is 0 Å². The van der Waals surface area contributed by atoms with Crippen molar-refractivity contribution >= 4 is 9.28 Å². The highest BCUT2D eigenvalue weighted by molar-refractivity contribution is 6.48. The maximum atomic E-state index is 5.36. The topological polar surface area (TPSA) is 18.5 Å². The lowest BCUT2D eigenvalue weighted by atomic mass is 10.2. The van der Waals surface area contributed by atoms with Crippen LogP contribution in [0.25, 0.3) is 0 Å². The lowest BCUT2D eigenvalue weighted by Gasteiger charge is -2.21. The smallest absolute Gasteiger partial charge is 0.332 e. The number of hydrogen-bond donors (Lipinski definition) is 0. The maximum Gasteiger partial charge on any atom is 0.332 e. The quantitative estimate of drug-likeness (QED) is 0.622. The second-order valence-corrected chi connectivity index (χ2v) is 5.49. The second-order valence-electron chi connectivity index (χ2n) is 3.14. The molecule has 0 radical (unpaired) electrons. The standard InChI is InChI=1S/C9H16O2Si/c1-7-5-6-8(2)9(7)12(10-3)11-4/h5-6,9,12H,1-4H3. The summed E-state index contributed by atoms with van der Waals surface area (Å²) in [5.41, 5.74) is 3.18. The number of allylic oxidation sites excluding steroid dienone is 4. The van der Waals surface area contributed by atoms with Crippen molar-refractivity contribution in [2.75, 3.05) is 14.2 Å². The largest absolute Gasteiger partial charge is 0.399 e. The van der Waals surface area contributed by atoms with Crippen molar-refractivity contribution in [3.63, 3.8) is 0 Å². The first-order valence-electron chi connectivity index (χ1n) is 4.11. The molecular weight excluding hydrogens is 168 g/mol. The van der Waals surface area contributed by atoms with Gasteiger partial charge < -0.3 is 8.85 Å². The fraction of sp³-hybridized carbons (Fsp3) is 0.556. The maximum absolute atomic E-state index is 5.36. The van der Waals surface area contributed by atoms with Gasteiger partial charge in [-0.1, -0.05) is 23.3 Å². The molecule has 0 aromatic carbocycles. The molecule has 0 aromatic heterocycles. The van der Waals surface area contributed by atoms with Gasteiger partial charge in [0.25, 0.3) is 0 Å². The van der Waals surface area contributed by atoms with Gasteiger partial charge >= 0.3 is 9.28 Å². The monoisotopic (exact) mass is 184 g/mol. The van der Waals surface area contributed by atoms with Crippen molar-refractivity contribution in [1.82, 2.24) is 0 Å². The molecule has 0 aromatic rings. The third-order valence-corrected chi connectivity index (χ3v) is 4.85. The van der Waals surface area contributed by atoms with Crippen LogP contribution >= 0.6 is 0 Å². The zero-order chi connectivity index (χ0) is 9.14. The Morgan fingerprint density at radius 3 is 1.83 bits per heavy atom. The van der Waals surface area contributed by atoms with Crippen molar-refractivity contribution in [2.45, 2.75) is 19.4 Å². The Morgan fingerprint density at radius 1 is 1.08 bits per heavy atom. The highest BCUT2D eigenvalue weighted by atomic mass is 28.3. The molecule has 0 fully saturated rings. The van der Waals surface area contributed by atoms with E-state index < -0.39 is 9.28 Å². The van der Waals surface area contributed by atoms with E-state index in [0.29, 0.717) is 5.54 Å². The summed E-state index contributed by atoms with van der Waals surface area (Å²) in [5, 5.41) is 0. The first-order valence-corrected chi connectivity index (χ1v) is 5.72. The van der Waals surface area contributed by atoms with Crippen molar-refractivity contribution in [3.8, 4) is 0 Å². The summed E-state index contributed by atoms with van der Waals surface area (Å²) in [6, 6.07) is 0. The van der Waals surface area contributed by atoms with Gasteiger partial charge in [0.2, 0.25) is 0 Å². The van der Waals surface area contributed by atoms with Crippen molar-refractivity contribution in [1.29, 1.82) is 0 Å². The van der Waals surface area contributed by atoms with Crippen LogP contribution in [0.4, 0.5) is 0 Å². The predicted octanol–water partition coefficient (Wildman–Crippen LogP) is 1.78. The molecule has 2 nitrogen and oxygen atoms in total. The fourth-order valence-electron chi connectivity index (χ4n) is 1.63. The Bertz CT molecular complexity index is 199. The fourth-order valence-corrected chi connectivity index (χ4v) is 3.44. The molecule has 0 unspecified atom stereocenters. The average molecular weight is 184 g/mol. The Labute approximate surface area is 75.7 Å². The lowest BCUT2D eigenvalue weighted by molar-refractivity contribution is 0.273. The van der Waals surface area contributed by atoms with Gasteiger partial charge in [0.1, 0.15) is 0 Å². The summed E-state index contributed by atoms with van der Waals surface area (Å²) < 4.78 is 10.7. The molecule has 0 bridgehead atoms. The van der Waals surface area contributed by atoms with Crippen LogP contribution in [0.15, 0.2) is 23.3 Å². The highest BCUT2D eigenvalue weighted by Gasteiger charge is 2.29. The Kier molecular flexibility index (Phi) is 3.26. The first kappa shape index (κ1) is 9.70. The van der Waals surface area contributed by atoms with Crippen LogP contribution in [-0.4, -0.2) is 23.5 Å². The van der Waals surface area contributed by atoms with E-state index in [1.165, 1.54) is 11.1 Å². The van der Waals surface area contributed by atoms with Crippen LogP contribution < -0.4 is 0 Å². The highest BCUT2D eigenvalue weighted by Crippen LogP contribution is 2.34. The van der Waals surface area contributed by atoms with Gasteiger partial charge in [0.05, 0.1) is 0 Å². The van der Waals surface area contributed by atoms with Crippen LogP contribution in [0.1, 0.15) is 13.8 Å². The average Bonchev–Trinajstić information content (AvgIpc) is 2.38. The van der Waals surface area contributed by atoms with Crippen molar-refractivity contribution in [3.05, 3.63) is 23.3 Å². The van der Waals surface area contributed by atoms with Gasteiger partial charge in [-0.05, 0) is 13.8 Å². The molecular formula is C9H16O2Si. The van der Waals surface area contributed by atoms with Gasteiger partial charge in [-0.15, -0.1) is 0 Å². The van der Waals surface area contributed by atoms with Crippen molar-refractivity contribution < 1.29 is 8.85 Å². The van der Waals surface area contributed by atoms with E-state index in [1.807, 2.05) is 0 Å². The molecule has 0 saturated heterocycles. The van der Waals surface area contributed by atoms with E-state index in [4.69, 9.17) is 8.85 Å². The summed E-state index contributed by atoms with van der Waals surface area (Å²) >= 11 is 0. The molecule has 1 aliphatic carbocycles. The van der Waals surface area contributed by atoms with Gasteiger partial charge in [-0.25, -0.2) is 0 Å². The molecule has 0 aliphatic heterocycles. The zero-order valence-corrected chi connectivity index (χ0v) is 9.28. The SMILES string of the molecule is CO[SiH](OC)C1C(C)=CC=C1C. The van der Waals surface area contributed by atoms with Crippen LogP contribution in [0.5, 0.6) is 0 Å². The molecule has 0 saturated carbocycles. The summed E-state index contributed by atoms with van der Waals surface area (Å²) in [6.45, 7) is 4.27. The molecule has 0 N–H and O–H groups in total. The minimum atomic E-state index is -1.50. The molecule has 0 amide bonds. The Morgan fingerprint density at radius 2 is 1.50 bits per heavy atom. The Balaban J connectivity index is 2.73. The van der Waals surface area contributed by atoms with Gasteiger partial charge in [0.15, 0.2) is 0 Å². The van der Waals surface area contributed by atoms with E-state index in [-0.39, 0.29) is 0 Å². The summed E-state index contributed by atoms with van der Waals surface area (Å²) in [7, 11) is 1.97. The molecule has 12 heavy (non-hydrogen) atoms. The second kappa shape index (κ2) is 4.03. The lowest BCUT2D eigenvalue weighted by Crippen LogP contribution is -2.26. The zero-order valence-electron chi connectivity index (χ0n) is 8.13. The van der Waals surface area contributed by atoms with Gasteiger partial charge in [-0.3, -0.25) is 0 Å². The summed E-state index contributed by atoms with van der Waals surface area (Å²) in [5.74, 6) is 0. The molecule has 0 spiro atoms. The third kappa shape index (κ3) is 1.68. The number of rotatable bonds is 3. The van der Waals surface area contributed by atoms with Crippen molar-refractivity contribution in [2.24, 2.45) is 0 Å². The normalized spacial score (nSPS) is 18.4. The summed E-state index contributed by atoms with van der Waals surface area (Å²) in [4.78, 5) is 0. The molecule has 1 aliphatic rings. The van der Waals surface area contributed by atoms with Crippen LogP contribution in [0, 0.1) is 0 Å². The van der Waals surface area contributed by atoms with E-state index in [0.717, 1.165) is 0 Å². The molecule has 3 heteroatoms. The van der Waals surface area contributed by atoms with Crippen LogP contribution in [0.3, 0.4) is 0 Å². The van der Waals surface area contributed by atoms with Gasteiger partial charge in [-0.2, -0.15) is 0 Å². The van der Waals surface area contributed by atoms with Crippen LogP contribution in [0.2, 0.25) is 5.54 Å². The van der Waals surface area contributed by atoms with Crippen LogP contribution in [-0.2, 0) is 8.85 Å². The predicted molar refractivity (Wildman–Crippen MR) is 52.4 cm³/mol. The van der Waals surface area contributed by atoms with E-state index >= 15 is 0 Å². The minimum absolute atomic E-state index is 0.444. The molecule has 68 valence electrons. The van der Waals surface area contributed by atoms with E-state index in [2.05, 4.69) is 26.0 Å². The minimum Gasteiger partial charge on any atom is -0.399 e. The molecule has 0 heterocycles. The number of hydrogen-bond acceptors (Lipinski definition) is 2. The molecule has 1 rings (SSSR count). The molecule has 0 atom stereocenters.